The molecule has 1 aliphatic carbocycles. The standard InChI is InChI=1S/C14H18OS/c1-11(2)14(9-8-13(14)15)10-16-12-6-4-3-5-7-12/h3-7,11H,8-10H2,1-2H3/t14-/m1/s1. The number of hydrogen-bond acceptors (Lipinski definition) is 2. The van der Waals surface area contributed by atoms with Gasteiger partial charge in [0.1, 0.15) is 5.78 Å². The first kappa shape index (κ1) is 11.7. The monoisotopic (exact) mass is 234 g/mol. The number of carbonyl (C=O) groups excluding carboxylic acids is 1. The zero-order valence-corrected chi connectivity index (χ0v) is 10.7. The lowest BCUT2D eigenvalue weighted by Crippen LogP contribution is -2.47. The molecule has 1 fully saturated rings. The van der Waals surface area contributed by atoms with Gasteiger partial charge in [-0.2, -0.15) is 0 Å². The third-order valence-electron chi connectivity index (χ3n) is 3.70. The zero-order valence-electron chi connectivity index (χ0n) is 9.90. The second kappa shape index (κ2) is 4.62. The minimum atomic E-state index is -0.0412. The molecular formula is C14H18OS. The molecule has 1 atom stereocenters. The van der Waals surface area contributed by atoms with E-state index in [0.717, 1.165) is 18.6 Å². The number of ketones is 1. The molecule has 0 aromatic heterocycles. The first-order valence-corrected chi connectivity index (χ1v) is 6.85. The van der Waals surface area contributed by atoms with Gasteiger partial charge in [-0.05, 0) is 24.5 Å². The molecule has 1 saturated carbocycles. The summed E-state index contributed by atoms with van der Waals surface area (Å²) in [4.78, 5) is 13.1. The van der Waals surface area contributed by atoms with E-state index in [1.54, 1.807) is 0 Å². The molecule has 1 nitrogen and oxygen atoms in total. The maximum absolute atomic E-state index is 11.8. The fourth-order valence-corrected chi connectivity index (χ4v) is 3.62. The van der Waals surface area contributed by atoms with Gasteiger partial charge in [0.05, 0.1) is 0 Å². The van der Waals surface area contributed by atoms with Crippen molar-refractivity contribution in [2.45, 2.75) is 31.6 Å². The molecule has 2 heteroatoms. The summed E-state index contributed by atoms with van der Waals surface area (Å²) in [5, 5.41) is 0. The number of rotatable bonds is 4. The van der Waals surface area contributed by atoms with Crippen molar-refractivity contribution in [3.8, 4) is 0 Å². The highest BCUT2D eigenvalue weighted by molar-refractivity contribution is 7.99. The Morgan fingerprint density at radius 1 is 1.31 bits per heavy atom. The van der Waals surface area contributed by atoms with E-state index in [1.165, 1.54) is 4.90 Å². The largest absolute Gasteiger partial charge is 0.299 e. The van der Waals surface area contributed by atoms with Crippen molar-refractivity contribution in [3.63, 3.8) is 0 Å². The molecule has 2 rings (SSSR count). The van der Waals surface area contributed by atoms with Crippen LogP contribution in [-0.2, 0) is 4.79 Å². The first-order valence-electron chi connectivity index (χ1n) is 5.86. The van der Waals surface area contributed by atoms with Crippen LogP contribution in [-0.4, -0.2) is 11.5 Å². The molecule has 0 unspecified atom stereocenters. The Balaban J connectivity index is 2.01. The maximum atomic E-state index is 11.8. The Morgan fingerprint density at radius 3 is 2.44 bits per heavy atom. The third kappa shape index (κ3) is 2.03. The average molecular weight is 234 g/mol. The molecule has 0 radical (unpaired) electrons. The zero-order chi connectivity index (χ0) is 11.6. The predicted molar refractivity (Wildman–Crippen MR) is 68.7 cm³/mol. The molecule has 86 valence electrons. The quantitative estimate of drug-likeness (QED) is 0.737. The minimum absolute atomic E-state index is 0.0412. The summed E-state index contributed by atoms with van der Waals surface area (Å²) in [5.74, 6) is 1.86. The number of benzene rings is 1. The van der Waals surface area contributed by atoms with E-state index < -0.39 is 0 Å². The Morgan fingerprint density at radius 2 is 2.00 bits per heavy atom. The summed E-state index contributed by atoms with van der Waals surface area (Å²) in [6.07, 6.45) is 1.86. The van der Waals surface area contributed by atoms with E-state index in [-0.39, 0.29) is 5.41 Å². The van der Waals surface area contributed by atoms with Crippen LogP contribution in [0.2, 0.25) is 0 Å². The Kier molecular flexibility index (Phi) is 3.38. The van der Waals surface area contributed by atoms with Gasteiger partial charge < -0.3 is 0 Å². The predicted octanol–water partition coefficient (Wildman–Crippen LogP) is 3.78. The van der Waals surface area contributed by atoms with E-state index in [9.17, 15) is 4.79 Å². The lowest BCUT2D eigenvalue weighted by Gasteiger charge is -2.43. The summed E-state index contributed by atoms with van der Waals surface area (Å²) in [6.45, 7) is 4.34. The average Bonchev–Trinajstić information content (AvgIpc) is 2.28. The SMILES string of the molecule is CC(C)[C@]1(CSc2ccccc2)CCC1=O. The van der Waals surface area contributed by atoms with Crippen LogP contribution in [0.5, 0.6) is 0 Å². The van der Waals surface area contributed by atoms with Gasteiger partial charge in [-0.1, -0.05) is 32.0 Å². The van der Waals surface area contributed by atoms with E-state index in [1.807, 2.05) is 30.0 Å². The van der Waals surface area contributed by atoms with Gasteiger partial charge in [-0.15, -0.1) is 11.8 Å². The molecule has 1 aromatic carbocycles. The molecule has 0 saturated heterocycles. The van der Waals surface area contributed by atoms with Crippen molar-refractivity contribution in [2.75, 3.05) is 5.75 Å². The number of thioether (sulfide) groups is 1. The van der Waals surface area contributed by atoms with Crippen molar-refractivity contribution in [1.82, 2.24) is 0 Å². The van der Waals surface area contributed by atoms with Crippen LogP contribution in [0.15, 0.2) is 35.2 Å². The minimum Gasteiger partial charge on any atom is -0.299 e. The summed E-state index contributed by atoms with van der Waals surface area (Å²) >= 11 is 1.81. The summed E-state index contributed by atoms with van der Waals surface area (Å²) < 4.78 is 0. The first-order chi connectivity index (χ1) is 7.65. The van der Waals surface area contributed by atoms with Gasteiger partial charge in [-0.25, -0.2) is 0 Å². The highest BCUT2D eigenvalue weighted by atomic mass is 32.2. The van der Waals surface area contributed by atoms with Gasteiger partial charge in [0.2, 0.25) is 0 Å². The molecule has 0 N–H and O–H groups in total. The molecule has 0 heterocycles. The number of Topliss-reactive ketones (excluding diaryl/α,β-unsaturated/α-hetero) is 1. The van der Waals surface area contributed by atoms with Gasteiger partial charge in [0.15, 0.2) is 0 Å². The van der Waals surface area contributed by atoms with E-state index in [0.29, 0.717) is 11.7 Å². The second-order valence-corrected chi connectivity index (χ2v) is 5.88. The number of hydrogen-bond donors (Lipinski definition) is 0. The fourth-order valence-electron chi connectivity index (χ4n) is 2.21. The lowest BCUT2D eigenvalue weighted by molar-refractivity contribution is -0.139. The molecular weight excluding hydrogens is 216 g/mol. The smallest absolute Gasteiger partial charge is 0.140 e. The van der Waals surface area contributed by atoms with Crippen molar-refractivity contribution < 1.29 is 4.79 Å². The van der Waals surface area contributed by atoms with Crippen LogP contribution in [0.1, 0.15) is 26.7 Å². The second-order valence-electron chi connectivity index (χ2n) is 4.84. The highest BCUT2D eigenvalue weighted by Gasteiger charge is 2.47. The fraction of sp³-hybridized carbons (Fsp3) is 0.500. The summed E-state index contributed by atoms with van der Waals surface area (Å²) in [6, 6.07) is 10.3. The highest BCUT2D eigenvalue weighted by Crippen LogP contribution is 2.47. The summed E-state index contributed by atoms with van der Waals surface area (Å²) in [7, 11) is 0. The van der Waals surface area contributed by atoms with Crippen LogP contribution >= 0.6 is 11.8 Å². The maximum Gasteiger partial charge on any atom is 0.140 e. The topological polar surface area (TPSA) is 17.1 Å². The van der Waals surface area contributed by atoms with Crippen LogP contribution in [0.3, 0.4) is 0 Å². The Bertz CT molecular complexity index is 372. The Labute approximate surface area is 102 Å². The van der Waals surface area contributed by atoms with Crippen molar-refractivity contribution in [2.24, 2.45) is 11.3 Å². The van der Waals surface area contributed by atoms with Crippen molar-refractivity contribution >= 4 is 17.5 Å². The van der Waals surface area contributed by atoms with E-state index in [4.69, 9.17) is 0 Å². The van der Waals surface area contributed by atoms with Crippen LogP contribution in [0.25, 0.3) is 0 Å². The van der Waals surface area contributed by atoms with E-state index >= 15 is 0 Å². The van der Waals surface area contributed by atoms with Gasteiger partial charge >= 0.3 is 0 Å². The summed E-state index contributed by atoms with van der Waals surface area (Å²) in [5.41, 5.74) is -0.0412. The van der Waals surface area contributed by atoms with E-state index in [2.05, 4.69) is 26.0 Å². The van der Waals surface area contributed by atoms with Crippen LogP contribution < -0.4 is 0 Å². The lowest BCUT2D eigenvalue weighted by atomic mass is 9.62. The van der Waals surface area contributed by atoms with Gasteiger partial charge in [-0.3, -0.25) is 4.79 Å². The third-order valence-corrected chi connectivity index (χ3v) is 4.96. The van der Waals surface area contributed by atoms with Crippen LogP contribution in [0, 0.1) is 11.3 Å². The van der Waals surface area contributed by atoms with Gasteiger partial charge in [0, 0.05) is 22.5 Å². The Hall–Kier alpha value is -0.760. The molecule has 1 aliphatic rings. The molecule has 16 heavy (non-hydrogen) atoms. The van der Waals surface area contributed by atoms with Crippen molar-refractivity contribution in [1.29, 1.82) is 0 Å². The van der Waals surface area contributed by atoms with Crippen molar-refractivity contribution in [3.05, 3.63) is 30.3 Å². The number of carbonyl (C=O) groups is 1. The normalized spacial score (nSPS) is 24.6. The molecule has 0 amide bonds. The molecule has 0 aliphatic heterocycles. The molecule has 0 bridgehead atoms. The molecule has 0 spiro atoms. The van der Waals surface area contributed by atoms with Gasteiger partial charge in [0.25, 0.3) is 0 Å². The molecule has 1 aromatic rings. The van der Waals surface area contributed by atoms with Crippen LogP contribution in [0.4, 0.5) is 0 Å².